The summed E-state index contributed by atoms with van der Waals surface area (Å²) in [5, 5.41) is 4.08. The van der Waals surface area contributed by atoms with Crippen LogP contribution < -0.4 is 10.2 Å². The molecule has 0 radical (unpaired) electrons. The fourth-order valence-electron chi connectivity index (χ4n) is 1.74. The number of aryl methyl sites for hydroxylation is 1. The van der Waals surface area contributed by atoms with Crippen LogP contribution in [-0.2, 0) is 4.79 Å². The predicted octanol–water partition coefficient (Wildman–Crippen LogP) is 3.68. The summed E-state index contributed by atoms with van der Waals surface area (Å²) in [6.07, 6.45) is 0. The summed E-state index contributed by atoms with van der Waals surface area (Å²) in [5.41, 5.74) is 5.39. The van der Waals surface area contributed by atoms with E-state index in [0.717, 1.165) is 15.7 Å². The lowest BCUT2D eigenvalue weighted by atomic mass is 10.1. The van der Waals surface area contributed by atoms with Crippen LogP contribution in [0.15, 0.2) is 58.1 Å². The van der Waals surface area contributed by atoms with Crippen molar-refractivity contribution in [3.8, 4) is 5.75 Å². The zero-order chi connectivity index (χ0) is 15.9. The van der Waals surface area contributed by atoms with Crippen LogP contribution in [0.5, 0.6) is 5.75 Å². The molecular formula is C17H17BrN2O2. The second kappa shape index (κ2) is 7.75. The van der Waals surface area contributed by atoms with Crippen LogP contribution in [-0.4, -0.2) is 18.2 Å². The fraction of sp³-hybridized carbons (Fsp3) is 0.176. The average Bonchev–Trinajstić information content (AvgIpc) is 2.51. The molecule has 0 saturated carbocycles. The highest BCUT2D eigenvalue weighted by Crippen LogP contribution is 2.17. The molecule has 0 spiro atoms. The van der Waals surface area contributed by atoms with Crippen LogP contribution in [0.1, 0.15) is 18.1 Å². The van der Waals surface area contributed by atoms with E-state index in [1.165, 1.54) is 5.56 Å². The number of benzene rings is 2. The largest absolute Gasteiger partial charge is 0.484 e. The first-order chi connectivity index (χ1) is 10.5. The number of rotatable bonds is 5. The van der Waals surface area contributed by atoms with Crippen molar-refractivity contribution in [1.82, 2.24) is 5.43 Å². The normalized spacial score (nSPS) is 11.1. The van der Waals surface area contributed by atoms with Gasteiger partial charge >= 0.3 is 0 Å². The lowest BCUT2D eigenvalue weighted by Gasteiger charge is -2.06. The number of ether oxygens (including phenoxy) is 1. The van der Waals surface area contributed by atoms with Crippen LogP contribution >= 0.6 is 15.9 Å². The second-order valence-corrected chi connectivity index (χ2v) is 5.76. The zero-order valence-corrected chi connectivity index (χ0v) is 14.1. The van der Waals surface area contributed by atoms with Gasteiger partial charge in [0.2, 0.25) is 0 Å². The molecule has 0 unspecified atom stereocenters. The van der Waals surface area contributed by atoms with Gasteiger partial charge in [-0.25, -0.2) is 5.43 Å². The Bertz CT molecular complexity index is 681. The molecule has 5 heteroatoms. The summed E-state index contributed by atoms with van der Waals surface area (Å²) in [6.45, 7) is 3.79. The van der Waals surface area contributed by atoms with Gasteiger partial charge in [-0.15, -0.1) is 0 Å². The van der Waals surface area contributed by atoms with Crippen molar-refractivity contribution in [3.63, 3.8) is 0 Å². The standard InChI is InChI=1S/C17H17BrN2O2/c1-12-6-8-14(9-7-12)13(2)19-20-17(21)11-22-16-5-3-4-15(18)10-16/h3-10H,11H2,1-2H3,(H,20,21)/b19-13+. The minimum Gasteiger partial charge on any atom is -0.484 e. The fourth-order valence-corrected chi connectivity index (χ4v) is 2.12. The predicted molar refractivity (Wildman–Crippen MR) is 91.2 cm³/mol. The van der Waals surface area contributed by atoms with Gasteiger partial charge in [-0.3, -0.25) is 4.79 Å². The minimum atomic E-state index is -0.300. The lowest BCUT2D eigenvalue weighted by Crippen LogP contribution is -2.25. The van der Waals surface area contributed by atoms with Gasteiger partial charge in [0.05, 0.1) is 5.71 Å². The highest BCUT2D eigenvalue weighted by atomic mass is 79.9. The number of carbonyl (C=O) groups is 1. The van der Waals surface area contributed by atoms with Crippen molar-refractivity contribution >= 4 is 27.5 Å². The first kappa shape index (κ1) is 16.2. The first-order valence-electron chi connectivity index (χ1n) is 6.83. The van der Waals surface area contributed by atoms with Gasteiger partial charge in [0, 0.05) is 4.47 Å². The van der Waals surface area contributed by atoms with Crippen molar-refractivity contribution in [2.24, 2.45) is 5.10 Å². The maximum absolute atomic E-state index is 11.7. The molecule has 0 bridgehead atoms. The summed E-state index contributed by atoms with van der Waals surface area (Å²) >= 11 is 3.35. The van der Waals surface area contributed by atoms with Gasteiger partial charge in [-0.1, -0.05) is 51.8 Å². The maximum Gasteiger partial charge on any atom is 0.277 e. The highest BCUT2D eigenvalue weighted by Gasteiger charge is 2.03. The van der Waals surface area contributed by atoms with Crippen molar-refractivity contribution in [3.05, 3.63) is 64.1 Å². The monoisotopic (exact) mass is 360 g/mol. The number of hydrazone groups is 1. The molecule has 0 aromatic heterocycles. The molecule has 1 N–H and O–H groups in total. The van der Waals surface area contributed by atoms with E-state index in [9.17, 15) is 4.79 Å². The molecule has 0 heterocycles. The molecule has 1 amide bonds. The Morgan fingerprint density at radius 3 is 2.64 bits per heavy atom. The topological polar surface area (TPSA) is 50.7 Å². The Morgan fingerprint density at radius 1 is 1.23 bits per heavy atom. The summed E-state index contributed by atoms with van der Waals surface area (Å²) < 4.78 is 6.29. The molecule has 2 aromatic carbocycles. The quantitative estimate of drug-likeness (QED) is 0.653. The smallest absolute Gasteiger partial charge is 0.277 e. The van der Waals surface area contributed by atoms with E-state index in [2.05, 4.69) is 26.5 Å². The van der Waals surface area contributed by atoms with Crippen molar-refractivity contribution in [2.45, 2.75) is 13.8 Å². The molecule has 0 aliphatic rings. The molecule has 22 heavy (non-hydrogen) atoms. The van der Waals surface area contributed by atoms with E-state index in [-0.39, 0.29) is 12.5 Å². The number of nitrogens with one attached hydrogen (secondary N) is 1. The summed E-state index contributed by atoms with van der Waals surface area (Å²) in [6, 6.07) is 15.3. The van der Waals surface area contributed by atoms with Gasteiger partial charge in [0.15, 0.2) is 6.61 Å². The third-order valence-corrected chi connectivity index (χ3v) is 3.48. The molecule has 0 fully saturated rings. The molecule has 4 nitrogen and oxygen atoms in total. The number of carbonyl (C=O) groups excluding carboxylic acids is 1. The van der Waals surface area contributed by atoms with Crippen LogP contribution in [0.4, 0.5) is 0 Å². The van der Waals surface area contributed by atoms with Crippen molar-refractivity contribution in [2.75, 3.05) is 6.61 Å². The Kier molecular flexibility index (Phi) is 5.72. The molecule has 0 aliphatic heterocycles. The third kappa shape index (κ3) is 5.00. The molecule has 0 saturated heterocycles. The zero-order valence-electron chi connectivity index (χ0n) is 12.5. The van der Waals surface area contributed by atoms with Crippen LogP contribution in [0.25, 0.3) is 0 Å². The van der Waals surface area contributed by atoms with Gasteiger partial charge in [-0.2, -0.15) is 5.10 Å². The summed E-state index contributed by atoms with van der Waals surface area (Å²) in [5.74, 6) is 0.329. The Morgan fingerprint density at radius 2 is 1.95 bits per heavy atom. The number of halogens is 1. The van der Waals surface area contributed by atoms with Crippen LogP contribution in [0.3, 0.4) is 0 Å². The molecule has 0 aliphatic carbocycles. The number of amides is 1. The molecular weight excluding hydrogens is 344 g/mol. The van der Waals surface area contributed by atoms with E-state index in [1.54, 1.807) is 12.1 Å². The van der Waals surface area contributed by atoms with Crippen LogP contribution in [0.2, 0.25) is 0 Å². The van der Waals surface area contributed by atoms with Crippen LogP contribution in [0, 0.1) is 6.92 Å². The Balaban J connectivity index is 1.86. The van der Waals surface area contributed by atoms with E-state index < -0.39 is 0 Å². The average molecular weight is 361 g/mol. The van der Waals surface area contributed by atoms with Gasteiger partial charge in [-0.05, 0) is 37.6 Å². The number of hydrogen-bond acceptors (Lipinski definition) is 3. The summed E-state index contributed by atoms with van der Waals surface area (Å²) in [4.78, 5) is 11.7. The van der Waals surface area contributed by atoms with Gasteiger partial charge in [0.25, 0.3) is 5.91 Å². The SMILES string of the molecule is C/C(=N\NC(=O)COc1cccc(Br)c1)c1ccc(C)cc1. The number of hydrogen-bond donors (Lipinski definition) is 1. The molecule has 2 rings (SSSR count). The first-order valence-corrected chi connectivity index (χ1v) is 7.62. The van der Waals surface area contributed by atoms with Gasteiger partial charge in [0.1, 0.15) is 5.75 Å². The Labute approximate surface area is 138 Å². The second-order valence-electron chi connectivity index (χ2n) is 4.84. The minimum absolute atomic E-state index is 0.0822. The molecule has 0 atom stereocenters. The van der Waals surface area contributed by atoms with Gasteiger partial charge < -0.3 is 4.74 Å². The molecule has 114 valence electrons. The van der Waals surface area contributed by atoms with Crippen molar-refractivity contribution < 1.29 is 9.53 Å². The van der Waals surface area contributed by atoms with E-state index >= 15 is 0 Å². The van der Waals surface area contributed by atoms with E-state index in [0.29, 0.717) is 5.75 Å². The third-order valence-electron chi connectivity index (χ3n) is 2.98. The number of nitrogens with zero attached hydrogens (tertiary/aromatic N) is 1. The maximum atomic E-state index is 11.7. The highest BCUT2D eigenvalue weighted by molar-refractivity contribution is 9.10. The van der Waals surface area contributed by atoms with Crippen molar-refractivity contribution in [1.29, 1.82) is 0 Å². The summed E-state index contributed by atoms with van der Waals surface area (Å²) in [7, 11) is 0. The van der Waals surface area contributed by atoms with E-state index in [4.69, 9.17) is 4.74 Å². The van der Waals surface area contributed by atoms with E-state index in [1.807, 2.05) is 50.2 Å². The molecule has 2 aromatic rings. The Hall–Kier alpha value is -2.14. The lowest BCUT2D eigenvalue weighted by molar-refractivity contribution is -0.123.